The summed E-state index contributed by atoms with van der Waals surface area (Å²) in [6.07, 6.45) is 0.873. The molecule has 0 aliphatic carbocycles. The van der Waals surface area contributed by atoms with E-state index in [1.807, 2.05) is 49.5 Å². The maximum atomic E-state index is 11.6. The summed E-state index contributed by atoms with van der Waals surface area (Å²) in [7, 11) is 2.04. The van der Waals surface area contributed by atoms with Crippen molar-refractivity contribution < 1.29 is 9.84 Å². The van der Waals surface area contributed by atoms with Crippen LogP contribution in [-0.2, 0) is 5.60 Å². The van der Waals surface area contributed by atoms with Crippen molar-refractivity contribution in [1.29, 1.82) is 0 Å². The molecule has 2 heterocycles. The van der Waals surface area contributed by atoms with Gasteiger partial charge in [-0.05, 0) is 44.3 Å². The lowest BCUT2D eigenvalue weighted by Crippen LogP contribution is -2.49. The quantitative estimate of drug-likeness (QED) is 0.803. The van der Waals surface area contributed by atoms with Crippen LogP contribution < -0.4 is 4.74 Å². The van der Waals surface area contributed by atoms with E-state index in [2.05, 4.69) is 4.90 Å². The number of hydrogen-bond acceptors (Lipinski definition) is 3. The Hall–Kier alpha value is -1.55. The summed E-state index contributed by atoms with van der Waals surface area (Å²) in [5.74, 6) is 1.51. The van der Waals surface area contributed by atoms with Crippen molar-refractivity contribution in [3.05, 3.63) is 58.6 Å². The van der Waals surface area contributed by atoms with Gasteiger partial charge in [-0.1, -0.05) is 29.8 Å². The second-order valence-corrected chi connectivity index (χ2v) is 6.72. The number of rotatable bonds is 0. The Bertz CT molecular complexity index is 733. The van der Waals surface area contributed by atoms with Gasteiger partial charge in [-0.25, -0.2) is 0 Å². The topological polar surface area (TPSA) is 32.7 Å². The fraction of sp³-hybridized carbons (Fsp3) is 0.333. The molecule has 4 heteroatoms. The van der Waals surface area contributed by atoms with E-state index in [0.29, 0.717) is 11.6 Å². The number of likely N-dealkylation sites (N-methyl/N-ethyl adjacent to an activating group) is 1. The summed E-state index contributed by atoms with van der Waals surface area (Å²) >= 11 is 6.20. The van der Waals surface area contributed by atoms with Crippen molar-refractivity contribution in [1.82, 2.24) is 4.90 Å². The number of β-amino-alcohol motifs (C(OH)–C–C–N with tert-alkyl or cyclic N) is 1. The standard InChI is InChI=1S/C18H18ClNO2/c1-20-9-8-14-13-10-12(19)6-7-16(13)22-17-5-3-2-4-15(17)18(14,21)11-20/h2-7,10,14,21H,8-9,11H2,1H3/t14-,18+/m1/s1. The Balaban J connectivity index is 1.98. The molecule has 4 rings (SSSR count). The van der Waals surface area contributed by atoms with E-state index in [4.69, 9.17) is 16.3 Å². The number of para-hydroxylation sites is 1. The normalized spacial score (nSPS) is 27.1. The number of nitrogens with zero attached hydrogens (tertiary/aromatic N) is 1. The molecule has 0 unspecified atom stereocenters. The van der Waals surface area contributed by atoms with E-state index in [1.165, 1.54) is 0 Å². The number of halogens is 1. The van der Waals surface area contributed by atoms with Gasteiger partial charge in [0.15, 0.2) is 0 Å². The summed E-state index contributed by atoms with van der Waals surface area (Å²) in [5.41, 5.74) is 0.901. The molecule has 1 fully saturated rings. The first-order valence-electron chi connectivity index (χ1n) is 7.56. The number of aliphatic hydroxyl groups is 1. The van der Waals surface area contributed by atoms with Gasteiger partial charge in [-0.3, -0.25) is 0 Å². The molecule has 3 nitrogen and oxygen atoms in total. The van der Waals surface area contributed by atoms with Gasteiger partial charge in [0, 0.05) is 28.6 Å². The van der Waals surface area contributed by atoms with Gasteiger partial charge in [0.05, 0.1) is 0 Å². The van der Waals surface area contributed by atoms with Crippen molar-refractivity contribution in [2.24, 2.45) is 0 Å². The minimum Gasteiger partial charge on any atom is -0.457 e. The summed E-state index contributed by atoms with van der Waals surface area (Å²) in [5, 5.41) is 12.2. The van der Waals surface area contributed by atoms with Crippen LogP contribution in [0.1, 0.15) is 23.5 Å². The molecule has 114 valence electrons. The number of fused-ring (bicyclic) bond motifs is 5. The van der Waals surface area contributed by atoms with Crippen LogP contribution in [0.3, 0.4) is 0 Å². The third-order valence-corrected chi connectivity index (χ3v) is 5.04. The van der Waals surface area contributed by atoms with E-state index >= 15 is 0 Å². The molecular formula is C18H18ClNO2. The largest absolute Gasteiger partial charge is 0.457 e. The molecule has 2 aromatic carbocycles. The first-order chi connectivity index (χ1) is 10.6. The van der Waals surface area contributed by atoms with Crippen LogP contribution >= 0.6 is 11.6 Å². The van der Waals surface area contributed by atoms with Gasteiger partial charge in [0.25, 0.3) is 0 Å². The zero-order valence-corrected chi connectivity index (χ0v) is 13.2. The smallest absolute Gasteiger partial charge is 0.133 e. The minimum absolute atomic E-state index is 0.0129. The molecule has 1 saturated heterocycles. The molecular weight excluding hydrogens is 298 g/mol. The van der Waals surface area contributed by atoms with Gasteiger partial charge in [-0.15, -0.1) is 0 Å². The van der Waals surface area contributed by atoms with Crippen LogP contribution in [0.15, 0.2) is 42.5 Å². The number of benzene rings is 2. The number of ether oxygens (including phenoxy) is 1. The Kier molecular flexibility index (Phi) is 3.19. The molecule has 0 bridgehead atoms. The molecule has 0 saturated carbocycles. The lowest BCUT2D eigenvalue weighted by molar-refractivity contribution is -0.0470. The van der Waals surface area contributed by atoms with Crippen LogP contribution in [0.25, 0.3) is 0 Å². The van der Waals surface area contributed by atoms with Gasteiger partial charge in [-0.2, -0.15) is 0 Å². The van der Waals surface area contributed by atoms with Gasteiger partial charge >= 0.3 is 0 Å². The van der Waals surface area contributed by atoms with Crippen LogP contribution in [0.5, 0.6) is 11.5 Å². The van der Waals surface area contributed by atoms with Crippen molar-refractivity contribution in [2.75, 3.05) is 20.1 Å². The van der Waals surface area contributed by atoms with E-state index < -0.39 is 5.60 Å². The monoisotopic (exact) mass is 315 g/mol. The molecule has 1 N–H and O–H groups in total. The molecule has 0 radical (unpaired) electrons. The maximum Gasteiger partial charge on any atom is 0.133 e. The van der Waals surface area contributed by atoms with Crippen molar-refractivity contribution in [3.8, 4) is 11.5 Å². The van der Waals surface area contributed by atoms with E-state index in [1.54, 1.807) is 0 Å². The molecule has 2 aliphatic heterocycles. The molecule has 0 amide bonds. The summed E-state index contributed by atoms with van der Waals surface area (Å²) in [6, 6.07) is 13.4. The van der Waals surface area contributed by atoms with E-state index in [-0.39, 0.29) is 5.92 Å². The first kappa shape index (κ1) is 14.1. The fourth-order valence-electron chi connectivity index (χ4n) is 3.79. The average Bonchev–Trinajstić information content (AvgIpc) is 2.59. The van der Waals surface area contributed by atoms with Gasteiger partial charge < -0.3 is 14.7 Å². The second-order valence-electron chi connectivity index (χ2n) is 6.28. The number of piperidine rings is 1. The van der Waals surface area contributed by atoms with Crippen LogP contribution in [-0.4, -0.2) is 30.1 Å². The molecule has 2 aliphatic rings. The molecule has 0 spiro atoms. The second kappa shape index (κ2) is 4.98. The molecule has 2 aromatic rings. The first-order valence-corrected chi connectivity index (χ1v) is 7.93. The Morgan fingerprint density at radius 2 is 2.05 bits per heavy atom. The Labute approximate surface area is 135 Å². The zero-order valence-electron chi connectivity index (χ0n) is 12.4. The molecule has 22 heavy (non-hydrogen) atoms. The maximum absolute atomic E-state index is 11.6. The highest BCUT2D eigenvalue weighted by Gasteiger charge is 2.47. The molecule has 2 atom stereocenters. The summed E-state index contributed by atoms with van der Waals surface area (Å²) in [4.78, 5) is 2.17. The van der Waals surface area contributed by atoms with Gasteiger partial charge in [0.2, 0.25) is 0 Å². The Morgan fingerprint density at radius 1 is 1.23 bits per heavy atom. The minimum atomic E-state index is -0.959. The summed E-state index contributed by atoms with van der Waals surface area (Å²) < 4.78 is 6.11. The summed E-state index contributed by atoms with van der Waals surface area (Å²) in [6.45, 7) is 1.53. The zero-order chi connectivity index (χ0) is 15.3. The van der Waals surface area contributed by atoms with Crippen molar-refractivity contribution in [3.63, 3.8) is 0 Å². The average molecular weight is 316 g/mol. The molecule has 0 aromatic heterocycles. The van der Waals surface area contributed by atoms with Crippen molar-refractivity contribution in [2.45, 2.75) is 17.9 Å². The van der Waals surface area contributed by atoms with Crippen LogP contribution in [0, 0.1) is 0 Å². The SMILES string of the molecule is CN1CC[C@@H]2c3cc(Cl)ccc3Oc3ccccc3[C@]2(O)C1. The third-order valence-electron chi connectivity index (χ3n) is 4.81. The predicted octanol–water partition coefficient (Wildman–Crippen LogP) is 3.75. The van der Waals surface area contributed by atoms with E-state index in [0.717, 1.165) is 35.6 Å². The number of likely N-dealkylation sites (tertiary alicyclic amines) is 1. The van der Waals surface area contributed by atoms with Gasteiger partial charge in [0.1, 0.15) is 17.1 Å². The van der Waals surface area contributed by atoms with Crippen LogP contribution in [0.4, 0.5) is 0 Å². The van der Waals surface area contributed by atoms with Crippen LogP contribution in [0.2, 0.25) is 5.02 Å². The highest BCUT2D eigenvalue weighted by molar-refractivity contribution is 6.30. The number of hydrogen-bond donors (Lipinski definition) is 1. The van der Waals surface area contributed by atoms with E-state index in [9.17, 15) is 5.11 Å². The fourth-order valence-corrected chi connectivity index (χ4v) is 3.97. The predicted molar refractivity (Wildman–Crippen MR) is 86.7 cm³/mol. The lowest BCUT2D eigenvalue weighted by atomic mass is 9.73. The highest BCUT2D eigenvalue weighted by atomic mass is 35.5. The third kappa shape index (κ3) is 2.04. The lowest BCUT2D eigenvalue weighted by Gasteiger charge is -2.43. The Morgan fingerprint density at radius 3 is 2.91 bits per heavy atom. The highest BCUT2D eigenvalue weighted by Crippen LogP contribution is 2.52. The van der Waals surface area contributed by atoms with Crippen molar-refractivity contribution >= 4 is 11.6 Å².